The molecule has 142 valence electrons. The van der Waals surface area contributed by atoms with E-state index in [2.05, 4.69) is 15.0 Å². The van der Waals surface area contributed by atoms with Crippen LogP contribution in [-0.2, 0) is 16.1 Å². The Kier molecular flexibility index (Phi) is 5.92. The molecule has 2 heterocycles. The van der Waals surface area contributed by atoms with Crippen molar-refractivity contribution < 1.29 is 18.7 Å². The van der Waals surface area contributed by atoms with Crippen LogP contribution in [0.1, 0.15) is 11.1 Å². The Morgan fingerprint density at radius 3 is 3.22 bits per heavy atom. The number of hydrogen-bond donors (Lipinski definition) is 1. The first-order valence-electron chi connectivity index (χ1n) is 8.41. The molecule has 0 aliphatic carbocycles. The molecule has 3 rings (SSSR count). The summed E-state index contributed by atoms with van der Waals surface area (Å²) >= 11 is 0. The Labute approximate surface area is 155 Å². The molecule has 1 aromatic heterocycles. The molecule has 1 amide bonds. The highest BCUT2D eigenvalue weighted by Crippen LogP contribution is 2.17. The molecule has 0 spiro atoms. The van der Waals surface area contributed by atoms with Gasteiger partial charge in [-0.2, -0.15) is 0 Å². The Morgan fingerprint density at radius 2 is 2.41 bits per heavy atom. The van der Waals surface area contributed by atoms with Gasteiger partial charge in [0.25, 0.3) is 0 Å². The van der Waals surface area contributed by atoms with Gasteiger partial charge in [-0.1, -0.05) is 18.2 Å². The average Bonchev–Trinajstić information content (AvgIpc) is 2.68. The molecule has 2 N–H and O–H groups in total. The molecule has 0 unspecified atom stereocenters. The van der Waals surface area contributed by atoms with E-state index in [1.807, 2.05) is 0 Å². The zero-order chi connectivity index (χ0) is 19.2. The number of amides is 1. The number of aliphatic imine (C=N–C) groups is 1. The van der Waals surface area contributed by atoms with E-state index in [1.165, 1.54) is 17.4 Å². The van der Waals surface area contributed by atoms with Crippen LogP contribution >= 0.6 is 0 Å². The molecule has 0 radical (unpaired) electrons. The number of benzene rings is 1. The Bertz CT molecular complexity index is 845. The summed E-state index contributed by atoms with van der Waals surface area (Å²) in [7, 11) is 0. The lowest BCUT2D eigenvalue weighted by Gasteiger charge is -2.30. The Balaban J connectivity index is 1.56. The van der Waals surface area contributed by atoms with Crippen LogP contribution in [0.3, 0.4) is 0 Å². The number of nitrogens with two attached hydrogens (primary N) is 1. The number of carbonyl (C=O) groups is 1. The lowest BCUT2D eigenvalue weighted by atomic mass is 10.1. The van der Waals surface area contributed by atoms with Gasteiger partial charge in [-0.15, -0.1) is 0 Å². The highest BCUT2D eigenvalue weighted by Gasteiger charge is 2.24. The van der Waals surface area contributed by atoms with E-state index < -0.39 is 12.2 Å². The third kappa shape index (κ3) is 4.76. The predicted molar refractivity (Wildman–Crippen MR) is 97.2 cm³/mol. The molecule has 1 aromatic carbocycles. The zero-order valence-electron chi connectivity index (χ0n) is 14.8. The van der Waals surface area contributed by atoms with Crippen LogP contribution in [0.4, 0.5) is 20.7 Å². The normalized spacial score (nSPS) is 17.3. The second-order valence-corrected chi connectivity index (χ2v) is 6.03. The maximum Gasteiger partial charge on any atom is 0.410 e. The first kappa shape index (κ1) is 18.7. The van der Waals surface area contributed by atoms with E-state index in [-0.39, 0.29) is 24.8 Å². The van der Waals surface area contributed by atoms with Crippen molar-refractivity contribution >= 4 is 23.8 Å². The maximum absolute atomic E-state index is 14.0. The molecule has 8 nitrogen and oxygen atoms in total. The van der Waals surface area contributed by atoms with Crippen molar-refractivity contribution in [2.45, 2.75) is 19.6 Å². The van der Waals surface area contributed by atoms with Crippen molar-refractivity contribution in [3.8, 4) is 0 Å². The number of aromatic nitrogens is 2. The summed E-state index contributed by atoms with van der Waals surface area (Å²) in [6.07, 6.45) is 3.43. The highest BCUT2D eigenvalue weighted by atomic mass is 19.1. The van der Waals surface area contributed by atoms with Gasteiger partial charge in [0.05, 0.1) is 19.3 Å². The molecule has 9 heteroatoms. The summed E-state index contributed by atoms with van der Waals surface area (Å²) in [5, 5.41) is 0. The first-order valence-corrected chi connectivity index (χ1v) is 8.41. The number of halogens is 1. The van der Waals surface area contributed by atoms with Gasteiger partial charge in [0.15, 0.2) is 5.82 Å². The summed E-state index contributed by atoms with van der Waals surface area (Å²) in [5.74, 6) is -0.103. The molecule has 1 saturated heterocycles. The van der Waals surface area contributed by atoms with E-state index in [1.54, 1.807) is 31.3 Å². The molecular weight excluding hydrogens is 353 g/mol. The van der Waals surface area contributed by atoms with Gasteiger partial charge in [-0.3, -0.25) is 4.99 Å². The molecule has 0 bridgehead atoms. The Hall–Kier alpha value is -3.07. The third-order valence-corrected chi connectivity index (χ3v) is 4.08. The number of nitrogen functional groups attached to an aromatic ring is 1. The number of aryl methyl sites for hydroxylation is 1. The van der Waals surface area contributed by atoms with Gasteiger partial charge < -0.3 is 20.1 Å². The number of rotatable bonds is 4. The van der Waals surface area contributed by atoms with Gasteiger partial charge >= 0.3 is 6.09 Å². The van der Waals surface area contributed by atoms with E-state index in [0.717, 1.165) is 0 Å². The molecule has 1 atom stereocenters. The second kappa shape index (κ2) is 8.54. The van der Waals surface area contributed by atoms with Gasteiger partial charge in [0.2, 0.25) is 0 Å². The number of ether oxygens (including phenoxy) is 2. The van der Waals surface area contributed by atoms with Crippen LogP contribution in [0.5, 0.6) is 0 Å². The van der Waals surface area contributed by atoms with Gasteiger partial charge in [0, 0.05) is 18.3 Å². The standard InChI is InChI=1S/C18H20FN5O3/c1-12-3-2-4-13(16(12)19)10-27-18(25)24-5-6-26-14(9-24)7-22-15-8-21-11-23-17(15)20/h2-4,7-8,11,14H,5-6,9-10H2,1H3,(H2,20,21,23)/b22-7+/t14-/m1/s1. The third-order valence-electron chi connectivity index (χ3n) is 4.08. The number of hydrogen-bond acceptors (Lipinski definition) is 7. The van der Waals surface area contributed by atoms with Crippen molar-refractivity contribution in [1.29, 1.82) is 0 Å². The van der Waals surface area contributed by atoms with Crippen molar-refractivity contribution in [3.63, 3.8) is 0 Å². The number of carbonyl (C=O) groups excluding carboxylic acids is 1. The number of nitrogens with zero attached hydrogens (tertiary/aromatic N) is 4. The minimum absolute atomic E-state index is 0.125. The van der Waals surface area contributed by atoms with E-state index >= 15 is 0 Å². The van der Waals surface area contributed by atoms with Crippen LogP contribution in [0.15, 0.2) is 35.7 Å². The highest BCUT2D eigenvalue weighted by molar-refractivity contribution is 5.73. The van der Waals surface area contributed by atoms with Crippen molar-refractivity contribution in [3.05, 3.63) is 47.7 Å². The molecule has 1 aliphatic rings. The predicted octanol–water partition coefficient (Wildman–Crippen LogP) is 2.25. The summed E-state index contributed by atoms with van der Waals surface area (Å²) in [4.78, 5) is 25.7. The van der Waals surface area contributed by atoms with Crippen LogP contribution < -0.4 is 5.73 Å². The van der Waals surface area contributed by atoms with Gasteiger partial charge in [-0.05, 0) is 12.5 Å². The van der Waals surface area contributed by atoms with Crippen LogP contribution in [-0.4, -0.2) is 53.0 Å². The molecule has 1 fully saturated rings. The lowest BCUT2D eigenvalue weighted by Crippen LogP contribution is -2.46. The first-order chi connectivity index (χ1) is 13.0. The van der Waals surface area contributed by atoms with Gasteiger partial charge in [0.1, 0.15) is 30.5 Å². The largest absolute Gasteiger partial charge is 0.444 e. The van der Waals surface area contributed by atoms with E-state index in [9.17, 15) is 9.18 Å². The van der Waals surface area contributed by atoms with Crippen molar-refractivity contribution in [2.75, 3.05) is 25.4 Å². The van der Waals surface area contributed by atoms with Crippen LogP contribution in [0.25, 0.3) is 0 Å². The quantitative estimate of drug-likeness (QED) is 0.825. The monoisotopic (exact) mass is 373 g/mol. The molecule has 1 aliphatic heterocycles. The van der Waals surface area contributed by atoms with Crippen LogP contribution in [0.2, 0.25) is 0 Å². The molecule has 0 saturated carbocycles. The molecular formula is C18H20FN5O3. The zero-order valence-corrected chi connectivity index (χ0v) is 14.8. The minimum atomic E-state index is -0.528. The number of anilines is 1. The maximum atomic E-state index is 14.0. The summed E-state index contributed by atoms with van der Waals surface area (Å²) < 4.78 is 24.8. The SMILES string of the molecule is Cc1cccc(COC(=O)N2CCO[C@H](/C=N/c3cncnc3N)C2)c1F. The Morgan fingerprint density at radius 1 is 1.56 bits per heavy atom. The second-order valence-electron chi connectivity index (χ2n) is 6.03. The fourth-order valence-corrected chi connectivity index (χ4v) is 2.58. The summed E-state index contributed by atoms with van der Waals surface area (Å²) in [6, 6.07) is 4.98. The van der Waals surface area contributed by atoms with Crippen LogP contribution in [0, 0.1) is 12.7 Å². The summed E-state index contributed by atoms with van der Waals surface area (Å²) in [6.45, 7) is 2.53. The van der Waals surface area contributed by atoms with E-state index in [4.69, 9.17) is 15.2 Å². The molecule has 27 heavy (non-hydrogen) atoms. The lowest BCUT2D eigenvalue weighted by molar-refractivity contribution is 0.00312. The minimum Gasteiger partial charge on any atom is -0.444 e. The topological polar surface area (TPSA) is 103 Å². The fourth-order valence-electron chi connectivity index (χ4n) is 2.58. The van der Waals surface area contributed by atoms with Crippen molar-refractivity contribution in [1.82, 2.24) is 14.9 Å². The fraction of sp³-hybridized carbons (Fsp3) is 0.333. The number of morpholine rings is 1. The van der Waals surface area contributed by atoms with Crippen molar-refractivity contribution in [2.24, 2.45) is 4.99 Å². The molecule has 2 aromatic rings. The average molecular weight is 373 g/mol. The van der Waals surface area contributed by atoms with E-state index in [0.29, 0.717) is 30.0 Å². The summed E-state index contributed by atoms with van der Waals surface area (Å²) in [5.41, 5.74) is 6.99. The smallest absolute Gasteiger partial charge is 0.410 e. The van der Waals surface area contributed by atoms with Gasteiger partial charge in [-0.25, -0.2) is 19.2 Å².